The Morgan fingerprint density at radius 1 is 1.12 bits per heavy atom. The lowest BCUT2D eigenvalue weighted by Gasteiger charge is -2.23. The van der Waals surface area contributed by atoms with Crippen LogP contribution in [0, 0.1) is 6.92 Å². The van der Waals surface area contributed by atoms with Gasteiger partial charge < -0.3 is 0 Å². The van der Waals surface area contributed by atoms with E-state index in [0.29, 0.717) is 8.95 Å². The van der Waals surface area contributed by atoms with Gasteiger partial charge in [-0.15, -0.1) is 0 Å². The third kappa shape index (κ3) is 3.23. The predicted molar refractivity (Wildman–Crippen MR) is 69.2 cm³/mol. The summed E-state index contributed by atoms with van der Waals surface area (Å²) in [6.07, 6.45) is -3.72. The van der Waals surface area contributed by atoms with Crippen molar-refractivity contribution in [3.8, 4) is 0 Å². The van der Waals surface area contributed by atoms with Crippen LogP contribution in [-0.2, 0) is 0 Å². The molecular formula is C10H7Br3F4. The number of hydrogen-bond acceptors (Lipinski definition) is 0. The van der Waals surface area contributed by atoms with Gasteiger partial charge in [0.2, 0.25) is 0 Å². The summed E-state index contributed by atoms with van der Waals surface area (Å²) < 4.78 is 51.9. The molecule has 0 spiro atoms. The highest BCUT2D eigenvalue weighted by Crippen LogP contribution is 2.45. The number of benzene rings is 1. The maximum absolute atomic E-state index is 13.2. The molecule has 1 aromatic rings. The molecule has 0 heterocycles. The Morgan fingerprint density at radius 3 is 2.12 bits per heavy atom. The fourth-order valence-electron chi connectivity index (χ4n) is 1.17. The van der Waals surface area contributed by atoms with E-state index < -0.39 is 17.2 Å². The molecule has 0 amide bonds. The van der Waals surface area contributed by atoms with Crippen LogP contribution in [0.25, 0.3) is 0 Å². The minimum atomic E-state index is -4.13. The van der Waals surface area contributed by atoms with Crippen molar-refractivity contribution < 1.29 is 17.6 Å². The second kappa shape index (κ2) is 5.57. The van der Waals surface area contributed by atoms with Crippen LogP contribution in [0.5, 0.6) is 0 Å². The predicted octanol–water partition coefficient (Wildman–Crippen LogP) is 5.86. The van der Waals surface area contributed by atoms with Crippen molar-refractivity contribution in [2.45, 2.75) is 24.1 Å². The average Bonchev–Trinajstić information content (AvgIpc) is 2.22. The molecule has 0 saturated heterocycles. The topological polar surface area (TPSA) is 0 Å². The maximum Gasteiger partial charge on any atom is 0.323 e. The summed E-state index contributed by atoms with van der Waals surface area (Å²) in [5.74, 6) is -4.13. The van der Waals surface area contributed by atoms with E-state index in [-0.39, 0.29) is 5.56 Å². The van der Waals surface area contributed by atoms with Gasteiger partial charge in [-0.05, 0) is 30.2 Å². The van der Waals surface area contributed by atoms with Crippen molar-refractivity contribution >= 4 is 47.8 Å². The number of hydrogen-bond donors (Lipinski definition) is 0. The van der Waals surface area contributed by atoms with E-state index in [1.165, 1.54) is 6.07 Å². The van der Waals surface area contributed by atoms with Crippen molar-refractivity contribution in [1.82, 2.24) is 0 Å². The first kappa shape index (κ1) is 15.4. The van der Waals surface area contributed by atoms with Gasteiger partial charge >= 0.3 is 12.3 Å². The van der Waals surface area contributed by atoms with Crippen LogP contribution >= 0.6 is 47.8 Å². The zero-order valence-electron chi connectivity index (χ0n) is 8.46. The summed E-state index contributed by atoms with van der Waals surface area (Å²) in [4.78, 5) is -1.75. The van der Waals surface area contributed by atoms with Gasteiger partial charge in [0.25, 0.3) is 0 Å². The van der Waals surface area contributed by atoms with E-state index in [1.54, 1.807) is 13.0 Å². The Hall–Kier alpha value is 0.380. The van der Waals surface area contributed by atoms with Gasteiger partial charge in [-0.3, -0.25) is 0 Å². The Labute approximate surface area is 121 Å². The van der Waals surface area contributed by atoms with E-state index in [0.717, 1.165) is 5.56 Å². The molecule has 0 aliphatic carbocycles. The zero-order valence-corrected chi connectivity index (χ0v) is 13.2. The first-order valence-corrected chi connectivity index (χ1v) is 6.93. The molecule has 0 aliphatic rings. The molecule has 1 aromatic carbocycles. The summed E-state index contributed by atoms with van der Waals surface area (Å²) >= 11 is 8.91. The number of rotatable bonds is 3. The SMILES string of the molecule is Cc1cc(Br)c(C(Br)C(F)(F)C(F)F)cc1Br. The molecule has 0 nitrogen and oxygen atoms in total. The van der Waals surface area contributed by atoms with Crippen LogP contribution in [0.1, 0.15) is 16.0 Å². The van der Waals surface area contributed by atoms with Crippen LogP contribution in [0.4, 0.5) is 17.6 Å². The minimum absolute atomic E-state index is 0.0766. The maximum atomic E-state index is 13.2. The normalized spacial score (nSPS) is 14.2. The summed E-state index contributed by atoms with van der Waals surface area (Å²) in [7, 11) is 0. The molecule has 7 heteroatoms. The second-order valence-corrected chi connectivity index (χ2v) is 6.09. The van der Waals surface area contributed by atoms with E-state index in [2.05, 4.69) is 47.8 Å². The van der Waals surface area contributed by atoms with E-state index in [1.807, 2.05) is 0 Å². The molecule has 17 heavy (non-hydrogen) atoms. The van der Waals surface area contributed by atoms with Gasteiger partial charge in [-0.25, -0.2) is 8.78 Å². The van der Waals surface area contributed by atoms with Crippen LogP contribution in [0.3, 0.4) is 0 Å². The van der Waals surface area contributed by atoms with Crippen LogP contribution in [0.15, 0.2) is 21.1 Å². The van der Waals surface area contributed by atoms with E-state index in [9.17, 15) is 17.6 Å². The van der Waals surface area contributed by atoms with Crippen molar-refractivity contribution in [3.63, 3.8) is 0 Å². The van der Waals surface area contributed by atoms with Crippen LogP contribution < -0.4 is 0 Å². The molecule has 0 aromatic heterocycles. The first-order chi connectivity index (χ1) is 7.67. The average molecular weight is 443 g/mol. The van der Waals surface area contributed by atoms with Crippen LogP contribution in [0.2, 0.25) is 0 Å². The third-order valence-electron chi connectivity index (χ3n) is 2.18. The largest absolute Gasteiger partial charge is 0.323 e. The quantitative estimate of drug-likeness (QED) is 0.406. The van der Waals surface area contributed by atoms with Crippen LogP contribution in [-0.4, -0.2) is 12.3 Å². The third-order valence-corrected chi connectivity index (χ3v) is 4.82. The number of halogens is 7. The Morgan fingerprint density at radius 2 is 1.65 bits per heavy atom. The highest BCUT2D eigenvalue weighted by molar-refractivity contribution is 9.11. The van der Waals surface area contributed by atoms with Gasteiger partial charge in [0, 0.05) is 8.95 Å². The van der Waals surface area contributed by atoms with Crippen molar-refractivity contribution in [1.29, 1.82) is 0 Å². The van der Waals surface area contributed by atoms with Crippen molar-refractivity contribution in [3.05, 3.63) is 32.2 Å². The Kier molecular flexibility index (Phi) is 5.06. The Balaban J connectivity index is 3.21. The first-order valence-electron chi connectivity index (χ1n) is 4.43. The Bertz CT molecular complexity index is 420. The highest BCUT2D eigenvalue weighted by atomic mass is 79.9. The summed E-state index contributed by atoms with van der Waals surface area (Å²) in [5, 5.41) is 0. The summed E-state index contributed by atoms with van der Waals surface area (Å²) in [5.41, 5.74) is 0.897. The summed E-state index contributed by atoms with van der Waals surface area (Å²) in [6.45, 7) is 1.77. The molecule has 0 aliphatic heterocycles. The monoisotopic (exact) mass is 440 g/mol. The molecule has 0 bridgehead atoms. The molecule has 1 unspecified atom stereocenters. The standard InChI is InChI=1S/C10H7Br3F4/c1-4-2-7(12)5(3-6(4)11)8(13)10(16,17)9(14)15/h2-3,8-9H,1H3. The minimum Gasteiger partial charge on any atom is -0.204 e. The fraction of sp³-hybridized carbons (Fsp3) is 0.400. The molecule has 0 N–H and O–H groups in total. The van der Waals surface area contributed by atoms with Gasteiger partial charge in [-0.1, -0.05) is 47.8 Å². The van der Waals surface area contributed by atoms with Gasteiger partial charge in [-0.2, -0.15) is 8.78 Å². The van der Waals surface area contributed by atoms with Crippen molar-refractivity contribution in [2.75, 3.05) is 0 Å². The zero-order chi connectivity index (χ0) is 13.4. The highest BCUT2D eigenvalue weighted by Gasteiger charge is 2.48. The van der Waals surface area contributed by atoms with Gasteiger partial charge in [0.05, 0.1) is 0 Å². The molecular weight excluding hydrogens is 436 g/mol. The lowest BCUT2D eigenvalue weighted by atomic mass is 10.1. The second-order valence-electron chi connectivity index (χ2n) is 3.46. The molecule has 0 fully saturated rings. The van der Waals surface area contributed by atoms with Gasteiger partial charge in [0.1, 0.15) is 4.83 Å². The molecule has 1 atom stereocenters. The van der Waals surface area contributed by atoms with E-state index in [4.69, 9.17) is 0 Å². The molecule has 1 rings (SSSR count). The lowest BCUT2D eigenvalue weighted by Crippen LogP contribution is -2.31. The molecule has 0 saturated carbocycles. The molecule has 0 radical (unpaired) electrons. The van der Waals surface area contributed by atoms with Gasteiger partial charge in [0.15, 0.2) is 0 Å². The number of aryl methyl sites for hydroxylation is 1. The number of alkyl halides is 5. The lowest BCUT2D eigenvalue weighted by molar-refractivity contribution is -0.127. The fourth-order valence-corrected chi connectivity index (χ4v) is 3.11. The molecule has 96 valence electrons. The summed E-state index contributed by atoms with van der Waals surface area (Å²) in [6, 6.07) is 2.99. The van der Waals surface area contributed by atoms with Crippen molar-refractivity contribution in [2.24, 2.45) is 0 Å². The van der Waals surface area contributed by atoms with E-state index >= 15 is 0 Å². The smallest absolute Gasteiger partial charge is 0.204 e.